The quantitative estimate of drug-likeness (QED) is 0.426. The summed E-state index contributed by atoms with van der Waals surface area (Å²) in [5.74, 6) is 1.14. The third-order valence-corrected chi connectivity index (χ3v) is 4.85. The van der Waals surface area contributed by atoms with Crippen LogP contribution in [0.25, 0.3) is 11.0 Å². The summed E-state index contributed by atoms with van der Waals surface area (Å²) in [6.45, 7) is 2.87. The highest BCUT2D eigenvalue weighted by atomic mass is 16.1. The van der Waals surface area contributed by atoms with E-state index in [0.717, 1.165) is 54.6 Å². The maximum Gasteiger partial charge on any atom is 0.219 e. The molecular weight excluding hydrogens is 350 g/mol. The van der Waals surface area contributed by atoms with Crippen LogP contribution in [0.3, 0.4) is 0 Å². The van der Waals surface area contributed by atoms with Crippen LogP contribution >= 0.6 is 0 Å². The first kappa shape index (κ1) is 19.8. The molecule has 0 bridgehead atoms. The predicted molar refractivity (Wildman–Crippen MR) is 111 cm³/mol. The molecule has 0 saturated carbocycles. The minimum Gasteiger partial charge on any atom is -0.356 e. The second kappa shape index (κ2) is 9.83. The summed E-state index contributed by atoms with van der Waals surface area (Å²) in [5.41, 5.74) is 2.64. The van der Waals surface area contributed by atoms with E-state index >= 15 is 0 Å². The number of Topliss-reactive ketones (excluding diaryl/α,β-unsaturated/α-hetero) is 1. The topological polar surface area (TPSA) is 64.0 Å². The van der Waals surface area contributed by atoms with Gasteiger partial charge in [-0.15, -0.1) is 0 Å². The second-order valence-corrected chi connectivity index (χ2v) is 6.91. The van der Waals surface area contributed by atoms with E-state index in [2.05, 4.69) is 5.32 Å². The zero-order valence-corrected chi connectivity index (χ0v) is 16.4. The van der Waals surface area contributed by atoms with Crippen molar-refractivity contribution in [2.24, 2.45) is 0 Å². The van der Waals surface area contributed by atoms with Crippen molar-refractivity contribution in [2.45, 2.75) is 45.6 Å². The molecule has 5 nitrogen and oxygen atoms in total. The van der Waals surface area contributed by atoms with E-state index in [-0.39, 0.29) is 11.7 Å². The van der Waals surface area contributed by atoms with E-state index in [9.17, 15) is 9.59 Å². The number of rotatable bonds is 10. The lowest BCUT2D eigenvalue weighted by Gasteiger charge is -2.09. The molecule has 3 rings (SSSR count). The molecule has 146 valence electrons. The van der Waals surface area contributed by atoms with E-state index in [1.807, 2.05) is 66.1 Å². The van der Waals surface area contributed by atoms with Crippen LogP contribution < -0.4 is 5.32 Å². The van der Waals surface area contributed by atoms with Crippen LogP contribution in [-0.2, 0) is 17.8 Å². The molecule has 5 heteroatoms. The third kappa shape index (κ3) is 5.06. The van der Waals surface area contributed by atoms with Gasteiger partial charge in [-0.05, 0) is 25.0 Å². The van der Waals surface area contributed by atoms with Crippen molar-refractivity contribution in [1.29, 1.82) is 0 Å². The van der Waals surface area contributed by atoms with Crippen molar-refractivity contribution >= 4 is 22.7 Å². The molecule has 0 aliphatic rings. The Labute approximate surface area is 165 Å². The predicted octanol–water partition coefficient (Wildman–Crippen LogP) is 4.16. The number of ketones is 1. The second-order valence-electron chi connectivity index (χ2n) is 6.91. The maximum atomic E-state index is 12.7. The summed E-state index contributed by atoms with van der Waals surface area (Å²) < 4.78 is 2.05. The zero-order chi connectivity index (χ0) is 19.8. The highest BCUT2D eigenvalue weighted by Crippen LogP contribution is 2.19. The molecule has 28 heavy (non-hydrogen) atoms. The van der Waals surface area contributed by atoms with Crippen LogP contribution in [0.4, 0.5) is 0 Å². The number of carbonyl (C=O) groups is 2. The molecule has 2 aromatic carbocycles. The largest absolute Gasteiger partial charge is 0.356 e. The molecule has 1 aromatic heterocycles. The van der Waals surface area contributed by atoms with E-state index in [0.29, 0.717) is 13.0 Å². The lowest BCUT2D eigenvalue weighted by atomic mass is 10.1. The number of nitrogens with one attached hydrogen (secondary N) is 1. The van der Waals surface area contributed by atoms with Crippen LogP contribution in [0.2, 0.25) is 0 Å². The molecule has 0 fully saturated rings. The van der Waals surface area contributed by atoms with E-state index < -0.39 is 0 Å². The molecule has 0 aliphatic carbocycles. The SMILES string of the molecule is CCC(=O)NCCCCCc1nc2ccccc2n1CC(=O)c1ccccc1. The number of fused-ring (bicyclic) bond motifs is 1. The van der Waals surface area contributed by atoms with Gasteiger partial charge in [-0.1, -0.05) is 55.8 Å². The molecule has 0 atom stereocenters. The Balaban J connectivity index is 1.66. The Morgan fingerprint density at radius 1 is 0.964 bits per heavy atom. The monoisotopic (exact) mass is 377 g/mol. The molecule has 0 saturated heterocycles. The van der Waals surface area contributed by atoms with Gasteiger partial charge in [0, 0.05) is 24.9 Å². The number of carbonyl (C=O) groups excluding carboxylic acids is 2. The van der Waals surface area contributed by atoms with Crippen molar-refractivity contribution in [1.82, 2.24) is 14.9 Å². The highest BCUT2D eigenvalue weighted by Gasteiger charge is 2.14. The average molecular weight is 377 g/mol. The number of amides is 1. The Morgan fingerprint density at radius 2 is 1.71 bits per heavy atom. The molecule has 1 N–H and O–H groups in total. The number of para-hydroxylation sites is 2. The molecule has 0 radical (unpaired) electrons. The van der Waals surface area contributed by atoms with Crippen molar-refractivity contribution in [3.8, 4) is 0 Å². The first-order valence-electron chi connectivity index (χ1n) is 9.98. The molecule has 0 unspecified atom stereocenters. The number of aromatic nitrogens is 2. The van der Waals surface area contributed by atoms with Gasteiger partial charge in [0.15, 0.2) is 5.78 Å². The smallest absolute Gasteiger partial charge is 0.219 e. The van der Waals surface area contributed by atoms with Gasteiger partial charge in [-0.2, -0.15) is 0 Å². The number of aryl methyl sites for hydroxylation is 1. The molecule has 1 amide bonds. The first-order valence-corrected chi connectivity index (χ1v) is 9.98. The van der Waals surface area contributed by atoms with Gasteiger partial charge in [0.1, 0.15) is 5.82 Å². The number of nitrogens with zero attached hydrogens (tertiary/aromatic N) is 2. The van der Waals surface area contributed by atoms with Crippen LogP contribution in [0.5, 0.6) is 0 Å². The van der Waals surface area contributed by atoms with E-state index in [1.54, 1.807) is 0 Å². The van der Waals surface area contributed by atoms with Gasteiger partial charge in [-0.25, -0.2) is 4.98 Å². The summed E-state index contributed by atoms with van der Waals surface area (Å²) >= 11 is 0. The molecule has 1 heterocycles. The molecular formula is C23H27N3O2. The molecule has 0 aliphatic heterocycles. The average Bonchev–Trinajstić information content (AvgIpc) is 3.08. The number of benzene rings is 2. The fraction of sp³-hybridized carbons (Fsp3) is 0.348. The summed E-state index contributed by atoms with van der Waals surface area (Å²) in [6.07, 6.45) is 4.29. The van der Waals surface area contributed by atoms with Crippen LogP contribution in [-0.4, -0.2) is 27.8 Å². The maximum absolute atomic E-state index is 12.7. The Morgan fingerprint density at radius 3 is 2.50 bits per heavy atom. The summed E-state index contributed by atoms with van der Waals surface area (Å²) in [7, 11) is 0. The highest BCUT2D eigenvalue weighted by molar-refractivity contribution is 5.96. The number of hydrogen-bond acceptors (Lipinski definition) is 3. The van der Waals surface area contributed by atoms with Crippen molar-refractivity contribution in [2.75, 3.05) is 6.54 Å². The Bertz CT molecular complexity index is 931. The van der Waals surface area contributed by atoms with Crippen molar-refractivity contribution in [3.63, 3.8) is 0 Å². The number of unbranched alkanes of at least 4 members (excludes halogenated alkanes) is 2. The lowest BCUT2D eigenvalue weighted by Crippen LogP contribution is -2.23. The lowest BCUT2D eigenvalue weighted by molar-refractivity contribution is -0.120. The Kier molecular flexibility index (Phi) is 6.95. The van der Waals surface area contributed by atoms with Crippen LogP contribution in [0.15, 0.2) is 54.6 Å². The fourth-order valence-electron chi connectivity index (χ4n) is 3.29. The Hall–Kier alpha value is -2.95. The van der Waals surface area contributed by atoms with Gasteiger partial charge in [-0.3, -0.25) is 9.59 Å². The molecule has 0 spiro atoms. The van der Waals surface area contributed by atoms with Gasteiger partial charge < -0.3 is 9.88 Å². The summed E-state index contributed by atoms with van der Waals surface area (Å²) in [4.78, 5) is 28.8. The fourth-order valence-corrected chi connectivity index (χ4v) is 3.29. The normalized spacial score (nSPS) is 10.9. The minimum atomic E-state index is 0.0901. The van der Waals surface area contributed by atoms with Crippen LogP contribution in [0.1, 0.15) is 48.8 Å². The van der Waals surface area contributed by atoms with Gasteiger partial charge in [0.05, 0.1) is 17.6 Å². The standard InChI is InChI=1S/C23H27N3O2/c1-2-23(28)24-16-10-4-7-15-22-25-19-13-8-9-14-20(19)26(22)17-21(27)18-11-5-3-6-12-18/h3,5-6,8-9,11-14H,2,4,7,10,15-17H2,1H3,(H,24,28). The number of imidazole rings is 1. The first-order chi connectivity index (χ1) is 13.7. The van der Waals surface area contributed by atoms with Gasteiger partial charge in [0.2, 0.25) is 5.91 Å². The van der Waals surface area contributed by atoms with Gasteiger partial charge >= 0.3 is 0 Å². The summed E-state index contributed by atoms with van der Waals surface area (Å²) in [6, 6.07) is 17.4. The van der Waals surface area contributed by atoms with E-state index in [1.165, 1.54) is 0 Å². The number of hydrogen-bond donors (Lipinski definition) is 1. The van der Waals surface area contributed by atoms with Crippen LogP contribution in [0, 0.1) is 0 Å². The van der Waals surface area contributed by atoms with Gasteiger partial charge in [0.25, 0.3) is 0 Å². The van der Waals surface area contributed by atoms with Crippen molar-refractivity contribution in [3.05, 3.63) is 66.0 Å². The zero-order valence-electron chi connectivity index (χ0n) is 16.4. The molecule has 3 aromatic rings. The third-order valence-electron chi connectivity index (χ3n) is 4.85. The van der Waals surface area contributed by atoms with E-state index in [4.69, 9.17) is 4.98 Å². The summed E-state index contributed by atoms with van der Waals surface area (Å²) in [5, 5.41) is 2.90. The minimum absolute atomic E-state index is 0.0901. The van der Waals surface area contributed by atoms with Crippen molar-refractivity contribution < 1.29 is 9.59 Å².